The van der Waals surface area contributed by atoms with Gasteiger partial charge in [0, 0.05) is 37.3 Å². The summed E-state index contributed by atoms with van der Waals surface area (Å²) in [6.45, 7) is 4.77. The molecule has 1 aliphatic rings. The lowest BCUT2D eigenvalue weighted by Gasteiger charge is -2.32. The average Bonchev–Trinajstić information content (AvgIpc) is 2.38. The van der Waals surface area contributed by atoms with E-state index in [1.54, 1.807) is 12.1 Å². The fraction of sp³-hybridized carbons (Fsp3) is 0.467. The molecule has 0 aliphatic carbocycles. The van der Waals surface area contributed by atoms with Gasteiger partial charge in [0.05, 0.1) is 0 Å². The number of carbonyl (C=O) groups is 2. The van der Waals surface area contributed by atoms with Gasteiger partial charge in [-0.25, -0.2) is 0 Å². The molecule has 0 aromatic heterocycles. The van der Waals surface area contributed by atoms with Crippen molar-refractivity contribution >= 4 is 17.5 Å². The number of anilines is 1. The standard InChI is InChI=1S/C15H21N3O2/c1-10-9-12(16)3-4-14(10)15(20)18-7-5-13(6-8-18)17-11(2)19/h3-4,9,13H,5-8,16H2,1-2H3,(H,17,19). The molecule has 1 aromatic carbocycles. The number of hydrogen-bond donors (Lipinski definition) is 2. The van der Waals surface area contributed by atoms with E-state index in [0.717, 1.165) is 18.4 Å². The highest BCUT2D eigenvalue weighted by atomic mass is 16.2. The van der Waals surface area contributed by atoms with Gasteiger partial charge in [0.2, 0.25) is 5.91 Å². The van der Waals surface area contributed by atoms with Crippen molar-refractivity contribution in [2.75, 3.05) is 18.8 Å². The van der Waals surface area contributed by atoms with E-state index >= 15 is 0 Å². The van der Waals surface area contributed by atoms with E-state index in [4.69, 9.17) is 5.73 Å². The Kier molecular flexibility index (Phi) is 4.27. The van der Waals surface area contributed by atoms with Crippen molar-refractivity contribution < 1.29 is 9.59 Å². The van der Waals surface area contributed by atoms with Crippen molar-refractivity contribution in [3.8, 4) is 0 Å². The molecule has 1 fully saturated rings. The Balaban J connectivity index is 1.99. The molecule has 0 radical (unpaired) electrons. The second-order valence-corrected chi connectivity index (χ2v) is 5.34. The number of likely N-dealkylation sites (tertiary alicyclic amines) is 1. The Bertz CT molecular complexity index is 520. The second kappa shape index (κ2) is 5.94. The van der Waals surface area contributed by atoms with Gasteiger partial charge in [-0.05, 0) is 43.5 Å². The van der Waals surface area contributed by atoms with Crippen molar-refractivity contribution in [1.29, 1.82) is 0 Å². The molecule has 3 N–H and O–H groups in total. The molecule has 0 bridgehead atoms. The van der Waals surface area contributed by atoms with Gasteiger partial charge in [-0.15, -0.1) is 0 Å². The van der Waals surface area contributed by atoms with Gasteiger partial charge in [0.15, 0.2) is 0 Å². The number of hydrogen-bond acceptors (Lipinski definition) is 3. The first-order valence-corrected chi connectivity index (χ1v) is 6.90. The number of nitrogens with one attached hydrogen (secondary N) is 1. The van der Waals surface area contributed by atoms with Crippen molar-refractivity contribution in [3.05, 3.63) is 29.3 Å². The van der Waals surface area contributed by atoms with Crippen LogP contribution in [0.5, 0.6) is 0 Å². The van der Waals surface area contributed by atoms with Crippen LogP contribution in [0.25, 0.3) is 0 Å². The first-order chi connectivity index (χ1) is 9.47. The summed E-state index contributed by atoms with van der Waals surface area (Å²) in [4.78, 5) is 25.3. The predicted molar refractivity (Wildman–Crippen MR) is 78.3 cm³/mol. The summed E-state index contributed by atoms with van der Waals surface area (Å²) in [5.74, 6) is 0.0351. The number of piperidine rings is 1. The molecule has 2 rings (SSSR count). The lowest BCUT2D eigenvalue weighted by molar-refractivity contribution is -0.119. The van der Waals surface area contributed by atoms with Crippen molar-refractivity contribution in [2.45, 2.75) is 32.7 Å². The molecular formula is C15H21N3O2. The maximum absolute atomic E-state index is 12.5. The van der Waals surface area contributed by atoms with E-state index in [0.29, 0.717) is 24.3 Å². The summed E-state index contributed by atoms with van der Waals surface area (Å²) < 4.78 is 0. The fourth-order valence-corrected chi connectivity index (χ4v) is 2.61. The maximum atomic E-state index is 12.5. The van der Waals surface area contributed by atoms with Crippen molar-refractivity contribution in [3.63, 3.8) is 0 Å². The zero-order chi connectivity index (χ0) is 14.7. The normalized spacial score (nSPS) is 16.0. The highest BCUT2D eigenvalue weighted by molar-refractivity contribution is 5.96. The molecule has 0 unspecified atom stereocenters. The number of benzene rings is 1. The van der Waals surface area contributed by atoms with Gasteiger partial charge in [-0.1, -0.05) is 0 Å². The molecule has 0 atom stereocenters. The summed E-state index contributed by atoms with van der Waals surface area (Å²) in [6, 6.07) is 5.54. The van der Waals surface area contributed by atoms with Crippen LogP contribution in [0.2, 0.25) is 0 Å². The smallest absolute Gasteiger partial charge is 0.254 e. The van der Waals surface area contributed by atoms with Gasteiger partial charge in [0.1, 0.15) is 0 Å². The highest BCUT2D eigenvalue weighted by Gasteiger charge is 2.24. The first-order valence-electron chi connectivity index (χ1n) is 6.90. The van der Waals surface area contributed by atoms with E-state index < -0.39 is 0 Å². The third-order valence-electron chi connectivity index (χ3n) is 3.67. The maximum Gasteiger partial charge on any atom is 0.254 e. The minimum Gasteiger partial charge on any atom is -0.399 e. The minimum absolute atomic E-state index is 0.0100. The van der Waals surface area contributed by atoms with Crippen LogP contribution in [0.15, 0.2) is 18.2 Å². The van der Waals surface area contributed by atoms with Crippen molar-refractivity contribution in [1.82, 2.24) is 10.2 Å². The second-order valence-electron chi connectivity index (χ2n) is 5.34. The van der Waals surface area contributed by atoms with E-state index in [2.05, 4.69) is 5.32 Å². The van der Waals surface area contributed by atoms with Gasteiger partial charge in [-0.2, -0.15) is 0 Å². The van der Waals surface area contributed by atoms with Crippen LogP contribution in [0.1, 0.15) is 35.7 Å². The lowest BCUT2D eigenvalue weighted by Crippen LogP contribution is -2.46. The monoisotopic (exact) mass is 275 g/mol. The summed E-state index contributed by atoms with van der Waals surface area (Å²) in [5, 5.41) is 2.91. The van der Waals surface area contributed by atoms with Crippen LogP contribution in [-0.4, -0.2) is 35.8 Å². The number of nitrogens with zero attached hydrogens (tertiary/aromatic N) is 1. The average molecular weight is 275 g/mol. The topological polar surface area (TPSA) is 75.4 Å². The van der Waals surface area contributed by atoms with Crippen LogP contribution in [-0.2, 0) is 4.79 Å². The Labute approximate surface area is 119 Å². The quantitative estimate of drug-likeness (QED) is 0.799. The molecule has 0 saturated carbocycles. The van der Waals surface area contributed by atoms with Crippen LogP contribution in [0.3, 0.4) is 0 Å². The zero-order valence-electron chi connectivity index (χ0n) is 12.0. The Morgan fingerprint density at radius 1 is 1.30 bits per heavy atom. The van der Waals surface area contributed by atoms with Crippen molar-refractivity contribution in [2.24, 2.45) is 0 Å². The first kappa shape index (κ1) is 14.4. The van der Waals surface area contributed by atoms with E-state index in [9.17, 15) is 9.59 Å². The van der Waals surface area contributed by atoms with Crippen LogP contribution < -0.4 is 11.1 Å². The van der Waals surface area contributed by atoms with Crippen LogP contribution in [0.4, 0.5) is 5.69 Å². The third kappa shape index (κ3) is 3.29. The predicted octanol–water partition coefficient (Wildman–Crippen LogP) is 1.32. The van der Waals surface area contributed by atoms with E-state index in [-0.39, 0.29) is 17.9 Å². The Morgan fingerprint density at radius 3 is 2.50 bits per heavy atom. The van der Waals surface area contributed by atoms with E-state index in [1.165, 1.54) is 6.92 Å². The summed E-state index contributed by atoms with van der Waals surface area (Å²) >= 11 is 0. The summed E-state index contributed by atoms with van der Waals surface area (Å²) in [7, 11) is 0. The van der Waals surface area contributed by atoms with Gasteiger partial charge in [0.25, 0.3) is 5.91 Å². The number of nitrogen functional groups attached to an aromatic ring is 1. The summed E-state index contributed by atoms with van der Waals surface area (Å²) in [6.07, 6.45) is 1.61. The van der Waals surface area contributed by atoms with Gasteiger partial charge in [-0.3, -0.25) is 9.59 Å². The minimum atomic E-state index is -0.0100. The molecule has 1 aliphatic heterocycles. The molecule has 5 nitrogen and oxygen atoms in total. The molecule has 20 heavy (non-hydrogen) atoms. The fourth-order valence-electron chi connectivity index (χ4n) is 2.61. The van der Waals surface area contributed by atoms with E-state index in [1.807, 2.05) is 17.9 Å². The van der Waals surface area contributed by atoms with Gasteiger partial charge < -0.3 is 16.0 Å². The molecule has 2 amide bonds. The summed E-state index contributed by atoms with van der Waals surface area (Å²) in [5.41, 5.74) is 7.98. The SMILES string of the molecule is CC(=O)NC1CCN(C(=O)c2ccc(N)cc2C)CC1. The molecule has 108 valence electrons. The molecule has 1 aromatic rings. The highest BCUT2D eigenvalue weighted by Crippen LogP contribution is 2.18. The largest absolute Gasteiger partial charge is 0.399 e. The number of carbonyl (C=O) groups excluding carboxylic acids is 2. The number of rotatable bonds is 2. The molecular weight excluding hydrogens is 254 g/mol. The number of nitrogens with two attached hydrogens (primary N) is 1. The van der Waals surface area contributed by atoms with Crippen LogP contribution >= 0.6 is 0 Å². The molecule has 1 saturated heterocycles. The molecule has 1 heterocycles. The number of aryl methyl sites for hydroxylation is 1. The Morgan fingerprint density at radius 2 is 1.95 bits per heavy atom. The lowest BCUT2D eigenvalue weighted by atomic mass is 10.0. The number of amides is 2. The Hall–Kier alpha value is -2.04. The molecule has 5 heteroatoms. The van der Waals surface area contributed by atoms with Gasteiger partial charge >= 0.3 is 0 Å². The zero-order valence-corrected chi connectivity index (χ0v) is 12.0. The van der Waals surface area contributed by atoms with Crippen LogP contribution in [0, 0.1) is 6.92 Å². The third-order valence-corrected chi connectivity index (χ3v) is 3.67. The molecule has 0 spiro atoms.